The number of amides is 1. The van der Waals surface area contributed by atoms with Crippen LogP contribution in [0, 0.1) is 18.3 Å². The number of halogens is 1. The number of carbonyl (C=O) groups excluding carboxylic acids is 1. The van der Waals surface area contributed by atoms with E-state index in [4.69, 9.17) is 25.8 Å². The van der Waals surface area contributed by atoms with Crippen molar-refractivity contribution in [3.05, 3.63) is 93.5 Å². The zero-order chi connectivity index (χ0) is 25.2. The van der Waals surface area contributed by atoms with E-state index in [9.17, 15) is 10.1 Å². The molecule has 0 radical (unpaired) electrons. The van der Waals surface area contributed by atoms with Crippen LogP contribution in [0.4, 0.5) is 0 Å². The predicted molar refractivity (Wildman–Crippen MR) is 137 cm³/mol. The molecule has 0 aliphatic rings. The van der Waals surface area contributed by atoms with Crippen LogP contribution in [0.1, 0.15) is 29.2 Å². The van der Waals surface area contributed by atoms with Gasteiger partial charge in [-0.2, -0.15) is 5.26 Å². The highest BCUT2D eigenvalue weighted by atomic mass is 35.5. The molecule has 1 N–H and O–H groups in total. The molecule has 0 unspecified atom stereocenters. The van der Waals surface area contributed by atoms with E-state index in [0.717, 1.165) is 16.9 Å². The van der Waals surface area contributed by atoms with Crippen molar-refractivity contribution in [3.63, 3.8) is 0 Å². The lowest BCUT2D eigenvalue weighted by Gasteiger charge is -2.15. The predicted octanol–water partition coefficient (Wildman–Crippen LogP) is 5.86. The zero-order valence-electron chi connectivity index (χ0n) is 19.9. The number of aryl methyl sites for hydroxylation is 1. The molecule has 6 nitrogen and oxygen atoms in total. The first-order valence-electron chi connectivity index (χ1n) is 11.1. The fraction of sp³-hybridized carbons (Fsp3) is 0.214. The Morgan fingerprint density at radius 2 is 1.74 bits per heavy atom. The van der Waals surface area contributed by atoms with Crippen LogP contribution in [-0.4, -0.2) is 19.6 Å². The number of methoxy groups -OCH3 is 1. The number of nitrogens with zero attached hydrogens (tertiary/aromatic N) is 1. The second-order valence-corrected chi connectivity index (χ2v) is 8.15. The topological polar surface area (TPSA) is 80.6 Å². The quantitative estimate of drug-likeness (QED) is 0.284. The summed E-state index contributed by atoms with van der Waals surface area (Å²) in [4.78, 5) is 12.6. The summed E-state index contributed by atoms with van der Waals surface area (Å²) >= 11 is 6.51. The van der Waals surface area contributed by atoms with Gasteiger partial charge in [-0.3, -0.25) is 4.79 Å². The Kier molecular flexibility index (Phi) is 9.16. The van der Waals surface area contributed by atoms with Gasteiger partial charge in [-0.05, 0) is 60.9 Å². The van der Waals surface area contributed by atoms with E-state index in [-0.39, 0.29) is 12.1 Å². The Labute approximate surface area is 210 Å². The lowest BCUT2D eigenvalue weighted by molar-refractivity contribution is -0.117. The lowest BCUT2D eigenvalue weighted by atomic mass is 10.1. The van der Waals surface area contributed by atoms with Gasteiger partial charge >= 0.3 is 0 Å². The van der Waals surface area contributed by atoms with Crippen molar-refractivity contribution in [1.82, 2.24) is 5.32 Å². The summed E-state index contributed by atoms with van der Waals surface area (Å²) in [5.74, 6) is 1.09. The minimum absolute atomic E-state index is 0.0506. The fourth-order valence-electron chi connectivity index (χ4n) is 3.25. The molecule has 0 bridgehead atoms. The maximum Gasteiger partial charge on any atom is 0.262 e. The summed E-state index contributed by atoms with van der Waals surface area (Å²) in [5.41, 5.74) is 3.55. The summed E-state index contributed by atoms with van der Waals surface area (Å²) in [6, 6.07) is 20.6. The van der Waals surface area contributed by atoms with E-state index < -0.39 is 5.91 Å². The number of benzene rings is 3. The first-order chi connectivity index (χ1) is 16.9. The van der Waals surface area contributed by atoms with Crippen molar-refractivity contribution in [3.8, 4) is 23.3 Å². The molecule has 0 saturated heterocycles. The summed E-state index contributed by atoms with van der Waals surface area (Å²) in [7, 11) is 1.59. The second-order valence-electron chi connectivity index (χ2n) is 7.74. The van der Waals surface area contributed by atoms with Crippen LogP contribution in [0.15, 0.2) is 66.2 Å². The van der Waals surface area contributed by atoms with Gasteiger partial charge in [0.05, 0.1) is 18.7 Å². The smallest absolute Gasteiger partial charge is 0.262 e. The molecule has 7 heteroatoms. The van der Waals surface area contributed by atoms with Crippen LogP contribution in [0.2, 0.25) is 5.02 Å². The molecule has 0 aromatic heterocycles. The van der Waals surface area contributed by atoms with Crippen molar-refractivity contribution in [2.45, 2.75) is 27.0 Å². The highest BCUT2D eigenvalue weighted by Gasteiger charge is 2.15. The zero-order valence-corrected chi connectivity index (χ0v) is 20.7. The van der Waals surface area contributed by atoms with Gasteiger partial charge in [0.2, 0.25) is 0 Å². The summed E-state index contributed by atoms with van der Waals surface area (Å²) in [5, 5.41) is 12.6. The summed E-state index contributed by atoms with van der Waals surface area (Å²) < 4.78 is 16.8. The van der Waals surface area contributed by atoms with E-state index in [1.807, 2.05) is 68.4 Å². The van der Waals surface area contributed by atoms with Crippen molar-refractivity contribution in [1.29, 1.82) is 5.26 Å². The Hall–Kier alpha value is -3.95. The number of rotatable bonds is 10. The maximum atomic E-state index is 12.6. The SMILES string of the molecule is CCOc1cc(/C=C(/C#N)C(=O)NCc2ccc(OC)cc2)cc(Cl)c1OCc1ccc(C)cc1. The second kappa shape index (κ2) is 12.5. The van der Waals surface area contributed by atoms with Gasteiger partial charge in [0.1, 0.15) is 24.0 Å². The first kappa shape index (κ1) is 25.7. The Morgan fingerprint density at radius 1 is 1.06 bits per heavy atom. The monoisotopic (exact) mass is 490 g/mol. The fourth-order valence-corrected chi connectivity index (χ4v) is 3.52. The van der Waals surface area contributed by atoms with Crippen LogP contribution in [0.5, 0.6) is 17.2 Å². The third-order valence-corrected chi connectivity index (χ3v) is 5.40. The minimum atomic E-state index is -0.489. The highest BCUT2D eigenvalue weighted by Crippen LogP contribution is 2.38. The van der Waals surface area contributed by atoms with Crippen molar-refractivity contribution in [2.24, 2.45) is 0 Å². The van der Waals surface area contributed by atoms with E-state index in [1.165, 1.54) is 11.6 Å². The van der Waals surface area contributed by atoms with Gasteiger partial charge in [-0.25, -0.2) is 0 Å². The normalized spacial score (nSPS) is 10.9. The van der Waals surface area contributed by atoms with Crippen LogP contribution in [0.3, 0.4) is 0 Å². The molecule has 3 rings (SSSR count). The van der Waals surface area contributed by atoms with Gasteiger partial charge in [0, 0.05) is 6.54 Å². The van der Waals surface area contributed by atoms with Crippen molar-refractivity contribution < 1.29 is 19.0 Å². The molecule has 0 aliphatic carbocycles. The van der Waals surface area contributed by atoms with Crippen LogP contribution >= 0.6 is 11.6 Å². The maximum absolute atomic E-state index is 12.6. The molecule has 1 amide bonds. The summed E-state index contributed by atoms with van der Waals surface area (Å²) in [6.07, 6.45) is 1.47. The first-order valence-corrected chi connectivity index (χ1v) is 11.5. The third-order valence-electron chi connectivity index (χ3n) is 5.12. The molecular weight excluding hydrogens is 464 g/mol. The van der Waals surface area contributed by atoms with E-state index >= 15 is 0 Å². The van der Waals surface area contributed by atoms with E-state index in [0.29, 0.717) is 35.3 Å². The summed E-state index contributed by atoms with van der Waals surface area (Å²) in [6.45, 7) is 4.88. The van der Waals surface area contributed by atoms with Crippen LogP contribution in [-0.2, 0) is 17.9 Å². The van der Waals surface area contributed by atoms with Crippen molar-refractivity contribution >= 4 is 23.6 Å². The number of hydrogen-bond donors (Lipinski definition) is 1. The average molecular weight is 491 g/mol. The lowest BCUT2D eigenvalue weighted by Crippen LogP contribution is -2.23. The minimum Gasteiger partial charge on any atom is -0.497 e. The van der Waals surface area contributed by atoms with Crippen LogP contribution < -0.4 is 19.5 Å². The standard InChI is InChI=1S/C28H27ClN2O4/c1-4-34-26-15-22(14-25(29)27(26)35-18-21-7-5-19(2)6-8-21)13-23(16-30)28(32)31-17-20-9-11-24(33-3)12-10-20/h5-15H,4,17-18H2,1-3H3,(H,31,32)/b23-13-. The number of hydrogen-bond acceptors (Lipinski definition) is 5. The largest absolute Gasteiger partial charge is 0.497 e. The van der Waals surface area contributed by atoms with Gasteiger partial charge < -0.3 is 19.5 Å². The molecule has 3 aromatic rings. The Morgan fingerprint density at radius 3 is 2.37 bits per heavy atom. The Bertz CT molecular complexity index is 1230. The molecule has 0 fully saturated rings. The van der Waals surface area contributed by atoms with Gasteiger partial charge in [0.25, 0.3) is 5.91 Å². The highest BCUT2D eigenvalue weighted by molar-refractivity contribution is 6.32. The number of carbonyl (C=O) groups is 1. The average Bonchev–Trinajstić information content (AvgIpc) is 2.87. The Balaban J connectivity index is 1.75. The molecule has 3 aromatic carbocycles. The van der Waals surface area contributed by atoms with Crippen molar-refractivity contribution in [2.75, 3.05) is 13.7 Å². The van der Waals surface area contributed by atoms with Gasteiger partial charge in [0.15, 0.2) is 11.5 Å². The molecule has 180 valence electrons. The van der Waals surface area contributed by atoms with Crippen LogP contribution in [0.25, 0.3) is 6.08 Å². The molecule has 0 heterocycles. The molecule has 0 aliphatic heterocycles. The van der Waals surface area contributed by atoms with Gasteiger partial charge in [-0.15, -0.1) is 0 Å². The van der Waals surface area contributed by atoms with E-state index in [2.05, 4.69) is 5.32 Å². The molecular formula is C28H27ClN2O4. The number of nitrogens with one attached hydrogen (secondary N) is 1. The molecule has 0 atom stereocenters. The molecule has 35 heavy (non-hydrogen) atoms. The number of nitriles is 1. The third kappa shape index (κ3) is 7.26. The molecule has 0 spiro atoms. The molecule has 0 saturated carbocycles. The van der Waals surface area contributed by atoms with E-state index in [1.54, 1.807) is 19.2 Å². The van der Waals surface area contributed by atoms with Gasteiger partial charge in [-0.1, -0.05) is 53.6 Å². The number of ether oxygens (including phenoxy) is 3.